The van der Waals surface area contributed by atoms with Crippen LogP contribution in [-0.2, 0) is 11.3 Å². The number of nitrogens with zero attached hydrogens (tertiary/aromatic N) is 3. The minimum Gasteiger partial charge on any atom is -0.492 e. The van der Waals surface area contributed by atoms with Gasteiger partial charge in [0.25, 0.3) is 0 Å². The number of fused-ring (bicyclic) bond motifs is 1. The molecule has 0 radical (unpaired) electrons. The summed E-state index contributed by atoms with van der Waals surface area (Å²) in [5, 5.41) is 0. The van der Waals surface area contributed by atoms with Crippen LogP contribution in [0.4, 0.5) is 5.69 Å². The van der Waals surface area contributed by atoms with E-state index in [1.54, 1.807) is 0 Å². The number of hydrogen-bond donors (Lipinski definition) is 0. The van der Waals surface area contributed by atoms with E-state index in [9.17, 15) is 4.79 Å². The number of benzene rings is 3. The smallest absolute Gasteiger partial charge is 0.227 e. The first-order valence-corrected chi connectivity index (χ1v) is 11.1. The van der Waals surface area contributed by atoms with E-state index in [0.29, 0.717) is 26.1 Å². The summed E-state index contributed by atoms with van der Waals surface area (Å²) in [5.41, 5.74) is 5.35. The van der Waals surface area contributed by atoms with Gasteiger partial charge in [-0.05, 0) is 49.7 Å². The average molecular weight is 426 g/mol. The van der Waals surface area contributed by atoms with Gasteiger partial charge < -0.3 is 14.2 Å². The first-order valence-electron chi connectivity index (χ1n) is 11.1. The molecule has 1 saturated heterocycles. The van der Waals surface area contributed by atoms with Crippen LogP contribution in [-0.4, -0.2) is 28.6 Å². The van der Waals surface area contributed by atoms with Gasteiger partial charge in [-0.25, -0.2) is 4.98 Å². The lowest BCUT2D eigenvalue weighted by Gasteiger charge is -2.19. The minimum absolute atomic E-state index is 0.0499. The summed E-state index contributed by atoms with van der Waals surface area (Å²) in [6.45, 7) is 5.98. The highest BCUT2D eigenvalue weighted by molar-refractivity contribution is 5.97. The van der Waals surface area contributed by atoms with E-state index >= 15 is 0 Å². The third-order valence-corrected chi connectivity index (χ3v) is 6.19. The van der Waals surface area contributed by atoms with Crippen molar-refractivity contribution in [1.29, 1.82) is 0 Å². The molecular formula is C27H27N3O2. The molecule has 5 heteroatoms. The van der Waals surface area contributed by atoms with Crippen molar-refractivity contribution in [2.24, 2.45) is 0 Å². The number of aromatic nitrogens is 2. The number of hydrogen-bond acceptors (Lipinski definition) is 3. The number of aryl methyl sites for hydroxylation is 2. The highest BCUT2D eigenvalue weighted by Crippen LogP contribution is 2.34. The van der Waals surface area contributed by atoms with E-state index in [1.807, 2.05) is 66.4 Å². The molecule has 32 heavy (non-hydrogen) atoms. The van der Waals surface area contributed by atoms with Gasteiger partial charge in [0.1, 0.15) is 18.2 Å². The first kappa shape index (κ1) is 20.3. The van der Waals surface area contributed by atoms with E-state index in [-0.39, 0.29) is 11.8 Å². The second kappa shape index (κ2) is 8.50. The molecule has 0 N–H and O–H groups in total. The third-order valence-electron chi connectivity index (χ3n) is 6.19. The van der Waals surface area contributed by atoms with Crippen molar-refractivity contribution in [2.45, 2.75) is 32.7 Å². The molecule has 0 unspecified atom stereocenters. The van der Waals surface area contributed by atoms with Crippen LogP contribution in [0.3, 0.4) is 0 Å². The predicted molar refractivity (Wildman–Crippen MR) is 127 cm³/mol. The molecule has 1 aromatic heterocycles. The van der Waals surface area contributed by atoms with Crippen molar-refractivity contribution >= 4 is 22.6 Å². The predicted octanol–water partition coefficient (Wildman–Crippen LogP) is 5.25. The number of carbonyl (C=O) groups is 1. The van der Waals surface area contributed by atoms with Crippen molar-refractivity contribution in [3.05, 3.63) is 89.7 Å². The van der Waals surface area contributed by atoms with Gasteiger partial charge in [0.15, 0.2) is 0 Å². The summed E-state index contributed by atoms with van der Waals surface area (Å²) in [6, 6.07) is 24.3. The Labute approximate surface area is 188 Å². The number of imidazole rings is 1. The Morgan fingerprint density at radius 3 is 2.53 bits per heavy atom. The highest BCUT2D eigenvalue weighted by Gasteiger charge is 2.35. The van der Waals surface area contributed by atoms with Crippen LogP contribution < -0.4 is 9.64 Å². The molecule has 1 amide bonds. The SMILES string of the molecule is Cc1ccc(OCCn2c([C@H]3CC(=O)N(c4ccccc4C)C3)nc3ccccc32)cc1. The number of ether oxygens (including phenoxy) is 1. The summed E-state index contributed by atoms with van der Waals surface area (Å²) in [6.07, 6.45) is 0.469. The molecule has 3 aromatic carbocycles. The fraction of sp³-hybridized carbons (Fsp3) is 0.259. The Balaban J connectivity index is 1.41. The van der Waals surface area contributed by atoms with E-state index < -0.39 is 0 Å². The monoisotopic (exact) mass is 425 g/mol. The fourth-order valence-electron chi connectivity index (χ4n) is 4.51. The average Bonchev–Trinajstić information content (AvgIpc) is 3.36. The number of para-hydroxylation sites is 3. The zero-order chi connectivity index (χ0) is 22.1. The van der Waals surface area contributed by atoms with Gasteiger partial charge in [0.2, 0.25) is 5.91 Å². The number of rotatable bonds is 6. The molecule has 162 valence electrons. The van der Waals surface area contributed by atoms with Gasteiger partial charge in [-0.1, -0.05) is 48.0 Å². The molecule has 5 rings (SSSR count). The number of carbonyl (C=O) groups excluding carboxylic acids is 1. The van der Waals surface area contributed by atoms with Crippen molar-refractivity contribution in [3.8, 4) is 5.75 Å². The molecule has 2 heterocycles. The van der Waals surface area contributed by atoms with Crippen LogP contribution in [0, 0.1) is 13.8 Å². The maximum atomic E-state index is 12.9. The van der Waals surface area contributed by atoms with Gasteiger partial charge in [-0.15, -0.1) is 0 Å². The van der Waals surface area contributed by atoms with E-state index in [0.717, 1.165) is 33.9 Å². The Hall–Kier alpha value is -3.60. The normalized spacial score (nSPS) is 16.1. The second-order valence-electron chi connectivity index (χ2n) is 8.46. The van der Waals surface area contributed by atoms with E-state index in [1.165, 1.54) is 5.56 Å². The zero-order valence-corrected chi connectivity index (χ0v) is 18.5. The summed E-state index contributed by atoms with van der Waals surface area (Å²) < 4.78 is 8.23. The molecule has 1 fully saturated rings. The first-order chi connectivity index (χ1) is 15.6. The Morgan fingerprint density at radius 2 is 1.72 bits per heavy atom. The van der Waals surface area contributed by atoms with Gasteiger partial charge in [0, 0.05) is 24.6 Å². The molecule has 4 aromatic rings. The van der Waals surface area contributed by atoms with Crippen molar-refractivity contribution < 1.29 is 9.53 Å². The largest absolute Gasteiger partial charge is 0.492 e. The number of amides is 1. The maximum absolute atomic E-state index is 12.9. The summed E-state index contributed by atoms with van der Waals surface area (Å²) in [7, 11) is 0. The van der Waals surface area contributed by atoms with Gasteiger partial charge >= 0.3 is 0 Å². The fourth-order valence-corrected chi connectivity index (χ4v) is 4.51. The topological polar surface area (TPSA) is 47.4 Å². The van der Waals surface area contributed by atoms with E-state index in [4.69, 9.17) is 9.72 Å². The number of anilines is 1. The summed E-state index contributed by atoms with van der Waals surface area (Å²) >= 11 is 0. The van der Waals surface area contributed by atoms with Crippen LogP contribution in [0.25, 0.3) is 11.0 Å². The molecule has 1 atom stereocenters. The summed E-state index contributed by atoms with van der Waals surface area (Å²) in [4.78, 5) is 19.8. The Bertz CT molecular complexity index is 1260. The minimum atomic E-state index is 0.0499. The molecule has 0 bridgehead atoms. The van der Waals surface area contributed by atoms with Gasteiger partial charge in [-0.3, -0.25) is 4.79 Å². The maximum Gasteiger partial charge on any atom is 0.227 e. The van der Waals surface area contributed by atoms with Gasteiger partial charge in [0.05, 0.1) is 17.6 Å². The molecule has 1 aliphatic rings. The van der Waals surface area contributed by atoms with Crippen molar-refractivity contribution in [2.75, 3.05) is 18.1 Å². The molecule has 1 aliphatic heterocycles. The van der Waals surface area contributed by atoms with Crippen molar-refractivity contribution in [1.82, 2.24) is 9.55 Å². The molecular weight excluding hydrogens is 398 g/mol. The molecule has 0 spiro atoms. The lowest BCUT2D eigenvalue weighted by atomic mass is 10.1. The molecule has 0 saturated carbocycles. The standard InChI is InChI=1S/C27H27N3O2/c1-19-11-13-22(14-12-19)32-16-15-29-25-10-6-4-8-23(25)28-27(29)21-17-26(31)30(18-21)24-9-5-3-7-20(24)2/h3-14,21H,15-18H2,1-2H3/t21-/m0/s1. The quantitative estimate of drug-likeness (QED) is 0.424. The van der Waals surface area contributed by atoms with Crippen LogP contribution >= 0.6 is 0 Å². The van der Waals surface area contributed by atoms with Crippen LogP contribution in [0.2, 0.25) is 0 Å². The lowest BCUT2D eigenvalue weighted by molar-refractivity contribution is -0.117. The molecule has 0 aliphatic carbocycles. The van der Waals surface area contributed by atoms with Gasteiger partial charge in [-0.2, -0.15) is 0 Å². The van der Waals surface area contributed by atoms with Crippen molar-refractivity contribution in [3.63, 3.8) is 0 Å². The Morgan fingerprint density at radius 1 is 0.969 bits per heavy atom. The second-order valence-corrected chi connectivity index (χ2v) is 8.46. The Kier molecular flexibility index (Phi) is 5.39. The highest BCUT2D eigenvalue weighted by atomic mass is 16.5. The lowest BCUT2D eigenvalue weighted by Crippen LogP contribution is -2.25. The van der Waals surface area contributed by atoms with Crippen LogP contribution in [0.15, 0.2) is 72.8 Å². The van der Waals surface area contributed by atoms with E-state index in [2.05, 4.69) is 29.7 Å². The molecule has 5 nitrogen and oxygen atoms in total. The zero-order valence-electron chi connectivity index (χ0n) is 18.5. The summed E-state index contributed by atoms with van der Waals surface area (Å²) in [5.74, 6) is 2.03. The third kappa shape index (κ3) is 3.86. The van der Waals surface area contributed by atoms with Crippen LogP contribution in [0.5, 0.6) is 5.75 Å². The van der Waals surface area contributed by atoms with Crippen LogP contribution in [0.1, 0.15) is 29.3 Å².